The third-order valence-electron chi connectivity index (χ3n) is 8.09. The summed E-state index contributed by atoms with van der Waals surface area (Å²) in [5.74, 6) is 0.450. The molecule has 5 aliphatic rings. The highest BCUT2D eigenvalue weighted by Crippen LogP contribution is 2.39. The molecule has 4 heterocycles. The number of rotatable bonds is 3. The van der Waals surface area contributed by atoms with Crippen molar-refractivity contribution in [3.63, 3.8) is 0 Å². The monoisotopic (exact) mass is 442 g/mol. The van der Waals surface area contributed by atoms with Crippen LogP contribution in [0, 0.1) is 23.2 Å². The summed E-state index contributed by atoms with van der Waals surface area (Å²) in [6, 6.07) is 12.4. The summed E-state index contributed by atoms with van der Waals surface area (Å²) in [6.07, 6.45) is 12.5. The minimum Gasteiger partial charge on any atom is -0.311 e. The zero-order chi connectivity index (χ0) is 22.4. The fourth-order valence-corrected chi connectivity index (χ4v) is 6.44. The van der Waals surface area contributed by atoms with Crippen molar-refractivity contribution in [3.05, 3.63) is 41.6 Å². The van der Waals surface area contributed by atoms with E-state index in [0.29, 0.717) is 23.8 Å². The quantitative estimate of drug-likeness (QED) is 0.744. The predicted molar refractivity (Wildman–Crippen MR) is 127 cm³/mol. The van der Waals surface area contributed by atoms with Crippen LogP contribution in [0.4, 0.5) is 5.69 Å². The number of hydrogen-bond acceptors (Lipinski definition) is 5. The van der Waals surface area contributed by atoms with E-state index in [4.69, 9.17) is 4.99 Å². The predicted octanol–water partition coefficient (Wildman–Crippen LogP) is 3.73. The van der Waals surface area contributed by atoms with E-state index in [0.717, 1.165) is 37.1 Å². The number of benzene rings is 1. The Kier molecular flexibility index (Phi) is 5.26. The molecule has 2 N–H and O–H groups in total. The van der Waals surface area contributed by atoms with E-state index in [9.17, 15) is 10.1 Å². The van der Waals surface area contributed by atoms with Crippen molar-refractivity contribution in [3.8, 4) is 6.07 Å². The van der Waals surface area contributed by atoms with E-state index < -0.39 is 5.92 Å². The number of aliphatic imine (C=N–C) groups is 2. The Labute approximate surface area is 194 Å². The highest BCUT2D eigenvalue weighted by molar-refractivity contribution is 6.12. The molecule has 2 bridgehead atoms. The Morgan fingerprint density at radius 3 is 2.58 bits per heavy atom. The molecule has 6 rings (SSSR count). The summed E-state index contributed by atoms with van der Waals surface area (Å²) in [6.45, 7) is 0. The lowest BCUT2D eigenvalue weighted by Crippen LogP contribution is -2.46. The molecule has 3 saturated heterocycles. The molecule has 0 radical (unpaired) electrons. The van der Waals surface area contributed by atoms with Gasteiger partial charge >= 0.3 is 0 Å². The second-order valence-electron chi connectivity index (χ2n) is 10.1. The van der Waals surface area contributed by atoms with Gasteiger partial charge in [0, 0.05) is 18.3 Å². The van der Waals surface area contributed by atoms with Crippen LogP contribution in [0.25, 0.3) is 0 Å². The summed E-state index contributed by atoms with van der Waals surface area (Å²) in [4.78, 5) is 21.6. The molecule has 4 fully saturated rings. The molecule has 5 atom stereocenters. The van der Waals surface area contributed by atoms with Gasteiger partial charge in [0.05, 0.1) is 29.4 Å². The van der Waals surface area contributed by atoms with Crippen molar-refractivity contribution >= 4 is 23.6 Å². The van der Waals surface area contributed by atoms with Gasteiger partial charge in [-0.05, 0) is 68.2 Å². The molecule has 7 nitrogen and oxygen atoms in total. The number of nitrogens with one attached hydrogen (secondary N) is 2. The third kappa shape index (κ3) is 3.76. The molecule has 1 aromatic rings. The number of carbonyl (C=O) groups is 1. The zero-order valence-electron chi connectivity index (χ0n) is 18.8. The maximum Gasteiger partial charge on any atom is 0.262 e. The van der Waals surface area contributed by atoms with E-state index in [1.54, 1.807) is 6.21 Å². The Balaban J connectivity index is 1.25. The Morgan fingerprint density at radius 1 is 1.06 bits per heavy atom. The summed E-state index contributed by atoms with van der Waals surface area (Å²) < 4.78 is 0. The molecule has 1 saturated carbocycles. The van der Waals surface area contributed by atoms with Gasteiger partial charge in [0.25, 0.3) is 5.91 Å². The van der Waals surface area contributed by atoms with Gasteiger partial charge in [-0.15, -0.1) is 0 Å². The Morgan fingerprint density at radius 2 is 1.82 bits per heavy atom. The number of allylic oxidation sites excluding steroid dienone is 1. The molecule has 3 unspecified atom stereocenters. The van der Waals surface area contributed by atoms with Gasteiger partial charge in [0.1, 0.15) is 11.8 Å². The first-order valence-corrected chi connectivity index (χ1v) is 12.4. The van der Waals surface area contributed by atoms with Crippen molar-refractivity contribution in [1.29, 1.82) is 5.26 Å². The molecule has 1 aliphatic carbocycles. The normalized spacial score (nSPS) is 36.3. The van der Waals surface area contributed by atoms with Crippen LogP contribution in [0.2, 0.25) is 0 Å². The Hall–Kier alpha value is -2.98. The van der Waals surface area contributed by atoms with Gasteiger partial charge in [-0.25, -0.2) is 9.98 Å². The number of fused-ring (bicyclic) bond motifs is 3. The highest BCUT2D eigenvalue weighted by Gasteiger charge is 2.45. The fourth-order valence-electron chi connectivity index (χ4n) is 6.44. The van der Waals surface area contributed by atoms with Gasteiger partial charge in [0.15, 0.2) is 0 Å². The van der Waals surface area contributed by atoms with Crippen LogP contribution in [-0.2, 0) is 4.79 Å². The Bertz CT molecular complexity index is 1060. The van der Waals surface area contributed by atoms with Gasteiger partial charge in [0.2, 0.25) is 0 Å². The van der Waals surface area contributed by atoms with E-state index in [2.05, 4.69) is 46.1 Å². The number of amides is 1. The zero-order valence-corrected chi connectivity index (χ0v) is 18.8. The molecule has 0 aromatic heterocycles. The molecule has 7 heteroatoms. The van der Waals surface area contributed by atoms with Crippen LogP contribution in [0.1, 0.15) is 62.8 Å². The summed E-state index contributed by atoms with van der Waals surface area (Å²) in [5, 5.41) is 15.4. The number of dihydropyridines is 1. The number of amidine groups is 1. The first-order valence-electron chi connectivity index (χ1n) is 12.4. The molecule has 0 spiro atoms. The first kappa shape index (κ1) is 20.6. The van der Waals surface area contributed by atoms with Gasteiger partial charge in [-0.2, -0.15) is 5.26 Å². The topological polar surface area (TPSA) is 92.9 Å². The van der Waals surface area contributed by atoms with Crippen LogP contribution >= 0.6 is 0 Å². The lowest BCUT2D eigenvalue weighted by atomic mass is 9.84. The van der Waals surface area contributed by atoms with E-state index in [1.165, 1.54) is 31.2 Å². The highest BCUT2D eigenvalue weighted by atomic mass is 16.1. The van der Waals surface area contributed by atoms with Crippen LogP contribution in [0.3, 0.4) is 0 Å². The maximum absolute atomic E-state index is 12.7. The average Bonchev–Trinajstić information content (AvgIpc) is 3.39. The largest absolute Gasteiger partial charge is 0.311 e. The SMILES string of the molecule is N#C[C@H]1CCCC[C@@H]1N1NC(=Nc2ccc(C3CC4CCC(C3)N4)cc2)C2C(=O)N=CC=C21. The van der Waals surface area contributed by atoms with E-state index in [-0.39, 0.29) is 17.9 Å². The molecule has 33 heavy (non-hydrogen) atoms. The molecule has 170 valence electrons. The van der Waals surface area contributed by atoms with Gasteiger partial charge in [-0.1, -0.05) is 25.0 Å². The van der Waals surface area contributed by atoms with E-state index >= 15 is 0 Å². The molecule has 4 aliphatic heterocycles. The number of carbonyl (C=O) groups excluding carboxylic acids is 1. The van der Waals surface area contributed by atoms with Crippen LogP contribution in [0.5, 0.6) is 0 Å². The lowest BCUT2D eigenvalue weighted by molar-refractivity contribution is -0.119. The number of piperidine rings is 1. The number of nitrogens with zero attached hydrogens (tertiary/aromatic N) is 4. The van der Waals surface area contributed by atoms with Crippen molar-refractivity contribution in [1.82, 2.24) is 15.8 Å². The van der Waals surface area contributed by atoms with Crippen molar-refractivity contribution in [2.75, 3.05) is 0 Å². The number of hydrogen-bond donors (Lipinski definition) is 2. The molecule has 1 aromatic carbocycles. The van der Waals surface area contributed by atoms with Crippen LogP contribution in [0.15, 0.2) is 46.0 Å². The second kappa shape index (κ2) is 8.42. The summed E-state index contributed by atoms with van der Waals surface area (Å²) >= 11 is 0. The standard InChI is InChI=1S/C26H30N6O/c27-15-17-3-1-2-4-22(17)32-23-11-12-28-26(33)24(23)25(31-32)30-19-7-5-16(6-8-19)18-13-20-9-10-21(14-18)29-20/h5-8,11-12,17-18,20-22,24,29H,1-4,9-10,13-14H2,(H,30,31)/t17-,18?,20?,21?,22+,24?/m1/s1. The van der Waals surface area contributed by atoms with E-state index in [1.807, 2.05) is 11.1 Å². The van der Waals surface area contributed by atoms with Crippen LogP contribution < -0.4 is 10.7 Å². The summed E-state index contributed by atoms with van der Waals surface area (Å²) in [7, 11) is 0. The maximum atomic E-state index is 12.7. The molecule has 1 amide bonds. The minimum absolute atomic E-state index is 0.0437. The van der Waals surface area contributed by atoms with Crippen molar-refractivity contribution in [2.24, 2.45) is 21.8 Å². The third-order valence-corrected chi connectivity index (χ3v) is 8.09. The number of hydrazine groups is 1. The molecular formula is C26H30N6O. The van der Waals surface area contributed by atoms with Gasteiger partial charge < -0.3 is 5.32 Å². The van der Waals surface area contributed by atoms with Crippen molar-refractivity contribution in [2.45, 2.75) is 75.4 Å². The van der Waals surface area contributed by atoms with Crippen LogP contribution in [-0.4, -0.2) is 41.1 Å². The van der Waals surface area contributed by atoms with Crippen molar-refractivity contribution < 1.29 is 4.79 Å². The lowest BCUT2D eigenvalue weighted by Gasteiger charge is -2.36. The first-order chi connectivity index (χ1) is 16.2. The fraction of sp³-hybridized carbons (Fsp3) is 0.538. The van der Waals surface area contributed by atoms with Gasteiger partial charge in [-0.3, -0.25) is 15.2 Å². The smallest absolute Gasteiger partial charge is 0.262 e. The minimum atomic E-state index is -0.518. The average molecular weight is 443 g/mol. The summed E-state index contributed by atoms with van der Waals surface area (Å²) in [5.41, 5.74) is 6.48. The molecular weight excluding hydrogens is 412 g/mol. The number of nitriles is 1. The second-order valence-corrected chi connectivity index (χ2v) is 10.1.